The number of hydrogen-bond acceptors (Lipinski definition) is 5. The highest BCUT2D eigenvalue weighted by Crippen LogP contribution is 2.62. The number of carbonyl (C=O) groups is 2. The monoisotopic (exact) mass is 566 g/mol. The lowest BCUT2D eigenvalue weighted by Crippen LogP contribution is -2.52. The van der Waals surface area contributed by atoms with Crippen molar-refractivity contribution >= 4 is 30.5 Å². The molecule has 1 heterocycles. The average molecular weight is 567 g/mol. The normalized spacial score (nSPS) is 27.4. The molecule has 8 heteroatoms. The third kappa shape index (κ3) is 5.78. The van der Waals surface area contributed by atoms with Gasteiger partial charge in [0.25, 0.3) is 0 Å². The maximum absolute atomic E-state index is 13.5. The minimum atomic E-state index is -0.959. The van der Waals surface area contributed by atoms with Crippen LogP contribution in [0.4, 0.5) is 4.79 Å². The van der Waals surface area contributed by atoms with E-state index in [9.17, 15) is 9.59 Å². The Morgan fingerprint density at radius 1 is 1.00 bits per heavy atom. The van der Waals surface area contributed by atoms with Crippen LogP contribution in [0.3, 0.4) is 0 Å². The van der Waals surface area contributed by atoms with Crippen molar-refractivity contribution < 1.29 is 24.2 Å². The predicted octanol–water partition coefficient (Wildman–Crippen LogP) is 6.41. The molecule has 0 spiro atoms. The fraction of sp³-hybridized carbons (Fsp3) is 0.500. The second-order valence-corrected chi connectivity index (χ2v) is 11.9. The summed E-state index contributed by atoms with van der Waals surface area (Å²) in [4.78, 5) is 24.4. The van der Waals surface area contributed by atoms with Gasteiger partial charge in [0.05, 0.1) is 13.2 Å². The molecular weight excluding hydrogens is 528 g/mol. The van der Waals surface area contributed by atoms with E-state index in [-0.39, 0.29) is 23.9 Å². The second kappa shape index (κ2) is 11.9. The molecular formula is C32H39ClN2O5. The topological polar surface area (TPSA) is 79.3 Å². The first kappa shape index (κ1) is 28.7. The van der Waals surface area contributed by atoms with Crippen LogP contribution in [-0.2, 0) is 14.9 Å². The highest BCUT2D eigenvalue weighted by atomic mass is 35.5. The third-order valence-corrected chi connectivity index (χ3v) is 9.29. The van der Waals surface area contributed by atoms with Crippen molar-refractivity contribution in [3.05, 3.63) is 59.7 Å². The molecule has 4 aliphatic carbocycles. The van der Waals surface area contributed by atoms with Crippen LogP contribution in [0.5, 0.6) is 5.75 Å². The van der Waals surface area contributed by atoms with Crippen LogP contribution >= 0.6 is 12.4 Å². The number of amides is 1. The number of halogens is 1. The lowest BCUT2D eigenvalue weighted by Gasteiger charge is -2.57. The molecule has 1 saturated heterocycles. The van der Waals surface area contributed by atoms with Crippen molar-refractivity contribution in [2.75, 3.05) is 32.8 Å². The molecule has 1 aliphatic heterocycles. The Balaban J connectivity index is 0.00000323. The molecule has 7 rings (SSSR count). The molecule has 0 aromatic heterocycles. The number of benzene rings is 2. The molecule has 4 bridgehead atoms. The van der Waals surface area contributed by atoms with E-state index in [1.807, 2.05) is 48.3 Å². The molecule has 214 valence electrons. The number of morpholine rings is 1. The van der Waals surface area contributed by atoms with Crippen molar-refractivity contribution in [1.29, 1.82) is 0 Å². The lowest BCUT2D eigenvalue weighted by molar-refractivity contribution is -0.131. The van der Waals surface area contributed by atoms with Crippen molar-refractivity contribution in [1.82, 2.24) is 10.0 Å². The minimum Gasteiger partial charge on any atom is -0.478 e. The summed E-state index contributed by atoms with van der Waals surface area (Å²) in [5, 5.41) is 12.7. The fourth-order valence-electron chi connectivity index (χ4n) is 7.99. The highest BCUT2D eigenvalue weighted by Gasteiger charge is 2.52. The van der Waals surface area contributed by atoms with Crippen LogP contribution in [0.15, 0.2) is 48.5 Å². The number of aliphatic carboxylic acids is 1. The van der Waals surface area contributed by atoms with Gasteiger partial charge in [-0.15, -0.1) is 12.4 Å². The van der Waals surface area contributed by atoms with E-state index in [2.05, 4.69) is 6.07 Å². The zero-order valence-electron chi connectivity index (χ0n) is 23.1. The molecule has 1 N–H and O–H groups in total. The van der Waals surface area contributed by atoms with Gasteiger partial charge in [0.1, 0.15) is 5.75 Å². The molecule has 5 fully saturated rings. The van der Waals surface area contributed by atoms with Crippen LogP contribution in [0, 0.1) is 17.8 Å². The summed E-state index contributed by atoms with van der Waals surface area (Å²) >= 11 is 0. The van der Waals surface area contributed by atoms with Gasteiger partial charge in [-0.25, -0.2) is 19.6 Å². The molecule has 1 amide bonds. The number of rotatable bonds is 7. The Kier molecular flexibility index (Phi) is 8.55. The first-order valence-electron chi connectivity index (χ1n) is 14.4. The Morgan fingerprint density at radius 3 is 2.17 bits per heavy atom. The van der Waals surface area contributed by atoms with Gasteiger partial charge in [-0.1, -0.05) is 30.3 Å². The zero-order chi connectivity index (χ0) is 27.0. The first-order valence-corrected chi connectivity index (χ1v) is 14.4. The number of hydrazine groups is 1. The summed E-state index contributed by atoms with van der Waals surface area (Å²) in [6.07, 6.45) is 9.99. The van der Waals surface area contributed by atoms with Crippen LogP contribution in [-0.4, -0.2) is 60.0 Å². The van der Waals surface area contributed by atoms with E-state index in [1.165, 1.54) is 44.1 Å². The molecule has 2 aromatic carbocycles. The van der Waals surface area contributed by atoms with E-state index in [0.29, 0.717) is 38.6 Å². The van der Waals surface area contributed by atoms with E-state index in [4.69, 9.17) is 14.6 Å². The van der Waals surface area contributed by atoms with Crippen LogP contribution in [0.25, 0.3) is 17.2 Å². The summed E-state index contributed by atoms with van der Waals surface area (Å²) in [6, 6.07) is 14.2. The largest absolute Gasteiger partial charge is 0.478 e. The zero-order valence-corrected chi connectivity index (χ0v) is 23.9. The SMILES string of the molecule is CCN(C(=O)Oc1ccc(-c2ccc(C=CC(=O)O)cc2)cc1C12CC3CC(CC(C3)C1)C2)N1CCOCC1.Cl. The molecule has 0 radical (unpaired) electrons. The first-order chi connectivity index (χ1) is 18.9. The Morgan fingerprint density at radius 2 is 1.60 bits per heavy atom. The molecule has 4 saturated carbocycles. The number of ether oxygens (including phenoxy) is 2. The van der Waals surface area contributed by atoms with Crippen molar-refractivity contribution in [3.8, 4) is 16.9 Å². The second-order valence-electron chi connectivity index (χ2n) is 11.9. The highest BCUT2D eigenvalue weighted by molar-refractivity contribution is 5.85. The standard InChI is InChI=1S/C32H38N2O5.ClH/c1-2-34(33-11-13-38-14-12-33)31(37)39-29-9-8-27(26-6-3-22(4-7-26)5-10-30(35)36)18-28(29)32-19-23-15-24(20-32)17-25(16-23)21-32;/h3-10,18,23-25H,2,11-17,19-21H2,1H3,(H,35,36);1H. The van der Waals surface area contributed by atoms with Gasteiger partial charge in [-0.2, -0.15) is 0 Å². The summed E-state index contributed by atoms with van der Waals surface area (Å²) in [6.45, 7) is 5.12. The van der Waals surface area contributed by atoms with Gasteiger partial charge >= 0.3 is 12.1 Å². The van der Waals surface area contributed by atoms with Gasteiger partial charge in [0, 0.05) is 31.3 Å². The Hall–Kier alpha value is -2.87. The van der Waals surface area contributed by atoms with Crippen LogP contribution in [0.1, 0.15) is 56.6 Å². The summed E-state index contributed by atoms with van der Waals surface area (Å²) in [5.41, 5.74) is 4.24. The van der Waals surface area contributed by atoms with Gasteiger partial charge in [0.2, 0.25) is 0 Å². The van der Waals surface area contributed by atoms with E-state index in [0.717, 1.165) is 40.5 Å². The predicted molar refractivity (Wildman–Crippen MR) is 156 cm³/mol. The van der Waals surface area contributed by atoms with E-state index in [1.54, 1.807) is 11.1 Å². The van der Waals surface area contributed by atoms with Gasteiger partial charge in [-0.05, 0) is 104 Å². The van der Waals surface area contributed by atoms with Crippen LogP contribution in [0.2, 0.25) is 0 Å². The maximum atomic E-state index is 13.5. The summed E-state index contributed by atoms with van der Waals surface area (Å²) < 4.78 is 11.7. The van der Waals surface area contributed by atoms with E-state index >= 15 is 0 Å². The maximum Gasteiger partial charge on any atom is 0.429 e. The lowest BCUT2D eigenvalue weighted by atomic mass is 9.48. The smallest absolute Gasteiger partial charge is 0.429 e. The van der Waals surface area contributed by atoms with Gasteiger partial charge in [-0.3, -0.25) is 0 Å². The quantitative estimate of drug-likeness (QED) is 0.390. The molecule has 7 nitrogen and oxygen atoms in total. The number of carboxylic acid groups (broad SMARTS) is 1. The Labute approximate surface area is 242 Å². The Bertz CT molecular complexity index is 1220. The minimum absolute atomic E-state index is 0. The van der Waals surface area contributed by atoms with Crippen molar-refractivity contribution in [2.45, 2.75) is 50.9 Å². The number of hydrogen-bond donors (Lipinski definition) is 1. The number of carbonyl (C=O) groups excluding carboxylic acids is 1. The van der Waals surface area contributed by atoms with Crippen molar-refractivity contribution in [3.63, 3.8) is 0 Å². The molecule has 0 unspecified atom stereocenters. The van der Waals surface area contributed by atoms with Gasteiger partial charge < -0.3 is 14.6 Å². The third-order valence-electron chi connectivity index (χ3n) is 9.29. The van der Waals surface area contributed by atoms with Crippen molar-refractivity contribution in [2.24, 2.45) is 17.8 Å². The molecule has 0 atom stereocenters. The van der Waals surface area contributed by atoms with Crippen LogP contribution < -0.4 is 4.74 Å². The molecule has 40 heavy (non-hydrogen) atoms. The van der Waals surface area contributed by atoms with E-state index < -0.39 is 5.97 Å². The number of carboxylic acids is 1. The molecule has 5 aliphatic rings. The molecule has 2 aromatic rings. The average Bonchev–Trinajstić information content (AvgIpc) is 2.93. The fourth-order valence-corrected chi connectivity index (χ4v) is 7.99. The summed E-state index contributed by atoms with van der Waals surface area (Å²) in [7, 11) is 0. The summed E-state index contributed by atoms with van der Waals surface area (Å²) in [5.74, 6) is 2.04. The number of nitrogens with zero attached hydrogens (tertiary/aromatic N) is 2. The van der Waals surface area contributed by atoms with Gasteiger partial charge in [0.15, 0.2) is 0 Å².